The number of aromatic nitrogens is 3. The Morgan fingerprint density at radius 3 is 2.44 bits per heavy atom. The summed E-state index contributed by atoms with van der Waals surface area (Å²) < 4.78 is 3.09. The van der Waals surface area contributed by atoms with Crippen LogP contribution in [0.2, 0.25) is 0 Å². The van der Waals surface area contributed by atoms with Crippen molar-refractivity contribution in [3.8, 4) is 17.1 Å². The molecule has 2 aromatic carbocycles. The molecule has 25 heavy (non-hydrogen) atoms. The molecule has 0 unspecified atom stereocenters. The summed E-state index contributed by atoms with van der Waals surface area (Å²) >= 11 is 0. The number of benzene rings is 2. The number of pyridine rings is 1. The SMILES string of the molecule is CCCn1c2nc(=O)n(-c3ccccc3)c(=O)c-2cc2ccccc21. The van der Waals surface area contributed by atoms with Gasteiger partial charge in [0, 0.05) is 12.1 Å². The van der Waals surface area contributed by atoms with Gasteiger partial charge in [0.1, 0.15) is 0 Å². The first-order valence-corrected chi connectivity index (χ1v) is 8.31. The molecular weight excluding hydrogens is 314 g/mol. The quantitative estimate of drug-likeness (QED) is 0.542. The molecule has 4 rings (SSSR count). The molecule has 5 nitrogen and oxygen atoms in total. The monoisotopic (exact) mass is 331 g/mol. The van der Waals surface area contributed by atoms with Gasteiger partial charge in [0.2, 0.25) is 0 Å². The van der Waals surface area contributed by atoms with E-state index < -0.39 is 5.69 Å². The number of fused-ring (bicyclic) bond motifs is 2. The van der Waals surface area contributed by atoms with Crippen LogP contribution >= 0.6 is 0 Å². The summed E-state index contributed by atoms with van der Waals surface area (Å²) in [5.41, 5.74) is 1.07. The molecule has 0 amide bonds. The van der Waals surface area contributed by atoms with Crippen molar-refractivity contribution in [2.75, 3.05) is 0 Å². The van der Waals surface area contributed by atoms with Crippen LogP contribution in [0.1, 0.15) is 13.3 Å². The van der Waals surface area contributed by atoms with Gasteiger partial charge in [-0.05, 0) is 36.1 Å². The maximum absolute atomic E-state index is 13.1. The molecule has 0 N–H and O–H groups in total. The van der Waals surface area contributed by atoms with Crippen LogP contribution in [0.25, 0.3) is 28.0 Å². The number of nitrogens with zero attached hydrogens (tertiary/aromatic N) is 3. The van der Waals surface area contributed by atoms with E-state index in [9.17, 15) is 9.59 Å². The van der Waals surface area contributed by atoms with Crippen molar-refractivity contribution >= 4 is 10.9 Å². The van der Waals surface area contributed by atoms with E-state index in [0.29, 0.717) is 23.6 Å². The lowest BCUT2D eigenvalue weighted by molar-refractivity contribution is 0.684. The first-order valence-electron chi connectivity index (χ1n) is 8.31. The van der Waals surface area contributed by atoms with Gasteiger partial charge in [-0.2, -0.15) is 4.98 Å². The van der Waals surface area contributed by atoms with Crippen LogP contribution < -0.4 is 11.2 Å². The van der Waals surface area contributed by atoms with Gasteiger partial charge in [-0.25, -0.2) is 9.36 Å². The second kappa shape index (κ2) is 6.02. The van der Waals surface area contributed by atoms with E-state index in [-0.39, 0.29) is 5.56 Å². The molecule has 0 aliphatic carbocycles. The second-order valence-corrected chi connectivity index (χ2v) is 5.96. The van der Waals surface area contributed by atoms with E-state index in [2.05, 4.69) is 11.9 Å². The minimum Gasteiger partial charge on any atom is -0.325 e. The minimum atomic E-state index is -0.552. The summed E-state index contributed by atoms with van der Waals surface area (Å²) in [7, 11) is 0. The van der Waals surface area contributed by atoms with Gasteiger partial charge < -0.3 is 4.57 Å². The predicted octanol–water partition coefficient (Wildman–Crippen LogP) is 3.06. The zero-order chi connectivity index (χ0) is 17.4. The molecule has 2 heterocycles. The molecule has 5 heteroatoms. The Hall–Kier alpha value is -3.21. The molecule has 0 aromatic heterocycles. The van der Waals surface area contributed by atoms with Gasteiger partial charge >= 0.3 is 5.69 Å². The van der Waals surface area contributed by atoms with Crippen molar-refractivity contribution in [3.05, 3.63) is 81.5 Å². The minimum absolute atomic E-state index is 0.336. The Bertz CT molecular complexity index is 1140. The first-order chi connectivity index (χ1) is 12.2. The van der Waals surface area contributed by atoms with Gasteiger partial charge in [-0.15, -0.1) is 0 Å². The summed E-state index contributed by atoms with van der Waals surface area (Å²) in [6.45, 7) is 2.75. The number of hydrogen-bond acceptors (Lipinski definition) is 3. The van der Waals surface area contributed by atoms with Crippen LogP contribution in [-0.4, -0.2) is 14.1 Å². The zero-order valence-corrected chi connectivity index (χ0v) is 13.8. The molecular formula is C20H17N3O2. The van der Waals surface area contributed by atoms with E-state index in [0.717, 1.165) is 21.9 Å². The highest BCUT2D eigenvalue weighted by atomic mass is 16.2. The summed E-state index contributed by atoms with van der Waals surface area (Å²) in [5.74, 6) is 0.447. The maximum Gasteiger partial charge on any atom is 0.357 e. The van der Waals surface area contributed by atoms with Crippen molar-refractivity contribution in [2.24, 2.45) is 0 Å². The lowest BCUT2D eigenvalue weighted by Gasteiger charge is -2.18. The van der Waals surface area contributed by atoms with E-state index in [1.165, 1.54) is 0 Å². The van der Waals surface area contributed by atoms with Crippen molar-refractivity contribution in [1.82, 2.24) is 14.1 Å². The highest BCUT2D eigenvalue weighted by Crippen LogP contribution is 2.24. The molecule has 0 atom stereocenters. The summed E-state index contributed by atoms with van der Waals surface area (Å²) in [5, 5.41) is 0.959. The number of rotatable bonds is 3. The lowest BCUT2D eigenvalue weighted by Crippen LogP contribution is -2.36. The molecule has 0 saturated carbocycles. The second-order valence-electron chi connectivity index (χ2n) is 5.96. The van der Waals surface area contributed by atoms with E-state index >= 15 is 0 Å². The Labute approximate surface area is 144 Å². The molecule has 0 fully saturated rings. The molecule has 0 spiro atoms. The van der Waals surface area contributed by atoms with Crippen LogP contribution in [0.3, 0.4) is 0 Å². The highest BCUT2D eigenvalue weighted by molar-refractivity contribution is 5.85. The topological polar surface area (TPSA) is 56.9 Å². The van der Waals surface area contributed by atoms with Crippen molar-refractivity contribution in [2.45, 2.75) is 19.9 Å². The number of para-hydroxylation sites is 2. The Balaban J connectivity index is 2.15. The molecule has 2 aliphatic rings. The van der Waals surface area contributed by atoms with E-state index in [1.54, 1.807) is 24.3 Å². The van der Waals surface area contributed by atoms with Gasteiger partial charge in [0.15, 0.2) is 5.82 Å². The molecule has 0 saturated heterocycles. The summed E-state index contributed by atoms with van der Waals surface area (Å²) in [4.78, 5) is 29.9. The Morgan fingerprint density at radius 1 is 0.960 bits per heavy atom. The molecule has 2 aromatic rings. The van der Waals surface area contributed by atoms with Crippen molar-refractivity contribution in [3.63, 3.8) is 0 Å². The molecule has 124 valence electrons. The van der Waals surface area contributed by atoms with E-state index in [1.807, 2.05) is 41.0 Å². The van der Waals surface area contributed by atoms with Crippen LogP contribution in [0.4, 0.5) is 0 Å². The average molecular weight is 331 g/mol. The van der Waals surface area contributed by atoms with E-state index in [4.69, 9.17) is 0 Å². The van der Waals surface area contributed by atoms with Crippen molar-refractivity contribution in [1.29, 1.82) is 0 Å². The number of aryl methyl sites for hydroxylation is 1. The largest absolute Gasteiger partial charge is 0.357 e. The zero-order valence-electron chi connectivity index (χ0n) is 13.8. The fraction of sp³-hybridized carbons (Fsp3) is 0.150. The Morgan fingerprint density at radius 2 is 1.68 bits per heavy atom. The fourth-order valence-electron chi connectivity index (χ4n) is 3.22. The van der Waals surface area contributed by atoms with Gasteiger partial charge in [0.05, 0.1) is 11.3 Å². The predicted molar refractivity (Wildman–Crippen MR) is 98.5 cm³/mol. The van der Waals surface area contributed by atoms with Crippen LogP contribution in [0.15, 0.2) is 70.3 Å². The smallest absolute Gasteiger partial charge is 0.325 e. The Kier molecular flexibility index (Phi) is 3.69. The third-order valence-electron chi connectivity index (χ3n) is 4.31. The third kappa shape index (κ3) is 2.45. The molecule has 2 aliphatic heterocycles. The van der Waals surface area contributed by atoms with Crippen LogP contribution in [-0.2, 0) is 6.54 Å². The van der Waals surface area contributed by atoms with Gasteiger partial charge in [0.25, 0.3) is 5.56 Å². The average Bonchev–Trinajstić information content (AvgIpc) is 2.63. The summed E-state index contributed by atoms with van der Waals surface area (Å²) in [6.07, 6.45) is 0.880. The summed E-state index contributed by atoms with van der Waals surface area (Å²) in [6, 6.07) is 18.6. The molecule has 0 bridgehead atoms. The fourth-order valence-corrected chi connectivity index (χ4v) is 3.22. The van der Waals surface area contributed by atoms with Gasteiger partial charge in [-0.1, -0.05) is 43.3 Å². The lowest BCUT2D eigenvalue weighted by atomic mass is 10.1. The maximum atomic E-state index is 13.1. The highest BCUT2D eigenvalue weighted by Gasteiger charge is 2.20. The first kappa shape index (κ1) is 15.3. The van der Waals surface area contributed by atoms with Crippen LogP contribution in [0, 0.1) is 0 Å². The van der Waals surface area contributed by atoms with Crippen LogP contribution in [0.5, 0.6) is 0 Å². The van der Waals surface area contributed by atoms with Crippen molar-refractivity contribution < 1.29 is 0 Å². The number of hydrogen-bond donors (Lipinski definition) is 0. The normalized spacial score (nSPS) is 11.2. The molecule has 0 radical (unpaired) electrons. The third-order valence-corrected chi connectivity index (χ3v) is 4.31. The standard InChI is InChI=1S/C20H17N3O2/c1-2-12-22-17-11-7-6-8-14(17)13-16-18(22)21-20(25)23(19(16)24)15-9-4-3-5-10-15/h3-11,13H,2,12H2,1H3. The van der Waals surface area contributed by atoms with Gasteiger partial charge in [-0.3, -0.25) is 4.79 Å².